The lowest BCUT2D eigenvalue weighted by atomic mass is 9.95. The number of nitrogens with one attached hydrogen (secondary N) is 1. The fourth-order valence-corrected chi connectivity index (χ4v) is 4.38. The number of hydrogen-bond acceptors (Lipinski definition) is 4. The van der Waals surface area contributed by atoms with Gasteiger partial charge in [0.25, 0.3) is 5.91 Å². The van der Waals surface area contributed by atoms with Crippen molar-refractivity contribution in [3.05, 3.63) is 35.4 Å². The number of amides is 3. The second kappa shape index (κ2) is 10.6. The van der Waals surface area contributed by atoms with Crippen LogP contribution >= 0.6 is 0 Å². The number of benzene rings is 1. The van der Waals surface area contributed by atoms with Crippen molar-refractivity contribution in [3.8, 4) is 0 Å². The van der Waals surface area contributed by atoms with Crippen molar-refractivity contribution >= 4 is 17.7 Å². The standard InChI is InChI=1S/C23H33N3O4/c1-3-25-14-19(10-11-21(25)27)23(29)26-12-5-4-9-20(15-26)24-22(28)18-8-6-7-17(13-18)16-30-2/h6-8,13,19-20H,3-5,9-12,14-16H2,1-2H3,(H,24,28). The molecule has 0 aromatic heterocycles. The summed E-state index contributed by atoms with van der Waals surface area (Å²) in [6, 6.07) is 7.36. The smallest absolute Gasteiger partial charge is 0.251 e. The Hall–Kier alpha value is -2.41. The van der Waals surface area contributed by atoms with Crippen molar-refractivity contribution in [3.63, 3.8) is 0 Å². The lowest BCUT2D eigenvalue weighted by Gasteiger charge is -2.35. The summed E-state index contributed by atoms with van der Waals surface area (Å²) in [7, 11) is 1.63. The summed E-state index contributed by atoms with van der Waals surface area (Å²) in [5.74, 6) is -0.00190. The number of nitrogens with zero attached hydrogens (tertiary/aromatic N) is 2. The van der Waals surface area contributed by atoms with Gasteiger partial charge in [-0.15, -0.1) is 0 Å². The van der Waals surface area contributed by atoms with Crippen LogP contribution in [0.5, 0.6) is 0 Å². The lowest BCUT2D eigenvalue weighted by molar-refractivity contribution is -0.143. The van der Waals surface area contributed by atoms with Crippen molar-refractivity contribution in [2.75, 3.05) is 33.3 Å². The van der Waals surface area contributed by atoms with Gasteiger partial charge >= 0.3 is 0 Å². The molecular formula is C23H33N3O4. The van der Waals surface area contributed by atoms with Gasteiger partial charge < -0.3 is 19.9 Å². The minimum atomic E-state index is -0.136. The van der Waals surface area contributed by atoms with Crippen LogP contribution in [0.15, 0.2) is 24.3 Å². The molecule has 1 aromatic rings. The molecule has 0 bridgehead atoms. The summed E-state index contributed by atoms with van der Waals surface area (Å²) in [5, 5.41) is 3.12. The third kappa shape index (κ3) is 5.59. The molecule has 0 radical (unpaired) electrons. The maximum Gasteiger partial charge on any atom is 0.251 e. The predicted molar refractivity (Wildman–Crippen MR) is 114 cm³/mol. The maximum atomic E-state index is 13.2. The number of methoxy groups -OCH3 is 1. The van der Waals surface area contributed by atoms with Gasteiger partial charge in [0, 0.05) is 51.3 Å². The third-order valence-corrected chi connectivity index (χ3v) is 6.05. The molecule has 0 spiro atoms. The average molecular weight is 416 g/mol. The van der Waals surface area contributed by atoms with Crippen LogP contribution < -0.4 is 5.32 Å². The molecule has 3 rings (SSSR count). The minimum absolute atomic E-state index is 0.0671. The van der Waals surface area contributed by atoms with E-state index >= 15 is 0 Å². The SMILES string of the molecule is CCN1CC(C(=O)N2CCCCC(NC(=O)c3cccc(COC)c3)C2)CCC1=O. The van der Waals surface area contributed by atoms with Crippen LogP contribution in [0, 0.1) is 5.92 Å². The van der Waals surface area contributed by atoms with E-state index in [-0.39, 0.29) is 29.7 Å². The van der Waals surface area contributed by atoms with E-state index in [1.807, 2.05) is 30.0 Å². The summed E-state index contributed by atoms with van der Waals surface area (Å²) in [4.78, 5) is 41.5. The molecule has 2 heterocycles. The maximum absolute atomic E-state index is 13.2. The van der Waals surface area contributed by atoms with Gasteiger partial charge in [0.2, 0.25) is 11.8 Å². The largest absolute Gasteiger partial charge is 0.380 e. The highest BCUT2D eigenvalue weighted by atomic mass is 16.5. The number of ether oxygens (including phenoxy) is 1. The summed E-state index contributed by atoms with van der Waals surface area (Å²) in [6.07, 6.45) is 3.83. The summed E-state index contributed by atoms with van der Waals surface area (Å²) in [5.41, 5.74) is 1.56. The van der Waals surface area contributed by atoms with Crippen molar-refractivity contribution in [2.45, 2.75) is 51.7 Å². The van der Waals surface area contributed by atoms with E-state index in [9.17, 15) is 14.4 Å². The molecule has 2 fully saturated rings. The molecule has 2 aliphatic rings. The lowest BCUT2D eigenvalue weighted by Crippen LogP contribution is -2.50. The summed E-state index contributed by atoms with van der Waals surface area (Å²) in [6.45, 7) is 4.80. The predicted octanol–water partition coefficient (Wildman–Crippen LogP) is 2.20. The zero-order valence-corrected chi connectivity index (χ0v) is 18.1. The highest BCUT2D eigenvalue weighted by Crippen LogP contribution is 2.22. The number of carbonyl (C=O) groups is 3. The molecular weight excluding hydrogens is 382 g/mol. The Balaban J connectivity index is 1.62. The van der Waals surface area contributed by atoms with Gasteiger partial charge in [0.05, 0.1) is 12.5 Å². The van der Waals surface area contributed by atoms with E-state index < -0.39 is 0 Å². The first-order valence-electron chi connectivity index (χ1n) is 11.0. The fourth-order valence-electron chi connectivity index (χ4n) is 4.38. The summed E-state index contributed by atoms with van der Waals surface area (Å²) >= 11 is 0. The van der Waals surface area contributed by atoms with Gasteiger partial charge in [0.1, 0.15) is 0 Å². The molecule has 0 aliphatic carbocycles. The second-order valence-corrected chi connectivity index (χ2v) is 8.25. The van der Waals surface area contributed by atoms with Crippen LogP contribution in [0.1, 0.15) is 54.9 Å². The molecule has 30 heavy (non-hydrogen) atoms. The first-order valence-corrected chi connectivity index (χ1v) is 11.0. The number of piperidine rings is 1. The van der Waals surface area contributed by atoms with E-state index in [0.29, 0.717) is 51.2 Å². The van der Waals surface area contributed by atoms with Gasteiger partial charge in [-0.05, 0) is 50.3 Å². The molecule has 1 aromatic carbocycles. The van der Waals surface area contributed by atoms with Gasteiger partial charge in [-0.3, -0.25) is 14.4 Å². The van der Waals surface area contributed by atoms with Crippen LogP contribution in [0.25, 0.3) is 0 Å². The fraction of sp³-hybridized carbons (Fsp3) is 0.609. The summed E-state index contributed by atoms with van der Waals surface area (Å²) < 4.78 is 5.15. The number of carbonyl (C=O) groups excluding carboxylic acids is 3. The molecule has 7 heteroatoms. The van der Waals surface area contributed by atoms with E-state index in [2.05, 4.69) is 5.32 Å². The molecule has 2 atom stereocenters. The Bertz CT molecular complexity index is 767. The van der Waals surface area contributed by atoms with Gasteiger partial charge in [-0.1, -0.05) is 12.1 Å². The molecule has 164 valence electrons. The average Bonchev–Trinajstić information content (AvgIpc) is 2.99. The molecule has 2 unspecified atom stereocenters. The van der Waals surface area contributed by atoms with E-state index in [1.165, 1.54) is 0 Å². The van der Waals surface area contributed by atoms with E-state index in [1.54, 1.807) is 18.1 Å². The highest BCUT2D eigenvalue weighted by molar-refractivity contribution is 5.94. The Morgan fingerprint density at radius 1 is 1.20 bits per heavy atom. The molecule has 7 nitrogen and oxygen atoms in total. The zero-order valence-electron chi connectivity index (χ0n) is 18.1. The minimum Gasteiger partial charge on any atom is -0.380 e. The Morgan fingerprint density at radius 3 is 2.80 bits per heavy atom. The monoisotopic (exact) mass is 415 g/mol. The number of rotatable bonds is 6. The Morgan fingerprint density at radius 2 is 2.03 bits per heavy atom. The topological polar surface area (TPSA) is 79.0 Å². The van der Waals surface area contributed by atoms with Crippen LogP contribution in [-0.2, 0) is 20.9 Å². The molecule has 3 amide bonds. The van der Waals surface area contributed by atoms with Gasteiger partial charge in [-0.2, -0.15) is 0 Å². The molecule has 2 saturated heterocycles. The van der Waals surface area contributed by atoms with Crippen LogP contribution in [-0.4, -0.2) is 66.9 Å². The van der Waals surface area contributed by atoms with Crippen molar-refractivity contribution in [2.24, 2.45) is 5.92 Å². The number of hydrogen-bond donors (Lipinski definition) is 1. The van der Waals surface area contributed by atoms with Crippen LogP contribution in [0.2, 0.25) is 0 Å². The molecule has 2 aliphatic heterocycles. The number of likely N-dealkylation sites (tertiary alicyclic amines) is 2. The second-order valence-electron chi connectivity index (χ2n) is 8.25. The third-order valence-electron chi connectivity index (χ3n) is 6.05. The van der Waals surface area contributed by atoms with Crippen LogP contribution in [0.3, 0.4) is 0 Å². The normalized spacial score (nSPS) is 22.5. The van der Waals surface area contributed by atoms with Crippen molar-refractivity contribution in [1.82, 2.24) is 15.1 Å². The van der Waals surface area contributed by atoms with Crippen molar-refractivity contribution in [1.29, 1.82) is 0 Å². The van der Waals surface area contributed by atoms with Gasteiger partial charge in [0.15, 0.2) is 0 Å². The Kier molecular flexibility index (Phi) is 7.85. The quantitative estimate of drug-likeness (QED) is 0.773. The molecule has 0 saturated carbocycles. The highest BCUT2D eigenvalue weighted by Gasteiger charge is 2.33. The first kappa shape index (κ1) is 22.3. The zero-order chi connectivity index (χ0) is 21.5. The van der Waals surface area contributed by atoms with Gasteiger partial charge in [-0.25, -0.2) is 0 Å². The first-order chi connectivity index (χ1) is 14.5. The van der Waals surface area contributed by atoms with Crippen LogP contribution in [0.4, 0.5) is 0 Å². The molecule has 1 N–H and O–H groups in total. The Labute approximate surface area is 178 Å². The van der Waals surface area contributed by atoms with E-state index in [0.717, 1.165) is 24.8 Å². The van der Waals surface area contributed by atoms with E-state index in [4.69, 9.17) is 4.74 Å². The van der Waals surface area contributed by atoms with Crippen molar-refractivity contribution < 1.29 is 19.1 Å².